The third-order valence-electron chi connectivity index (χ3n) is 2.56. The Kier molecular flexibility index (Phi) is 3.86. The minimum absolute atomic E-state index is 0.0799. The van der Waals surface area contributed by atoms with Gasteiger partial charge in [-0.3, -0.25) is 4.79 Å². The summed E-state index contributed by atoms with van der Waals surface area (Å²) in [5.41, 5.74) is 1.04. The molecule has 0 aliphatic carbocycles. The summed E-state index contributed by atoms with van der Waals surface area (Å²) in [5.74, 6) is -1.18. The van der Waals surface area contributed by atoms with Gasteiger partial charge in [0.2, 0.25) is 0 Å². The molecule has 2 atom stereocenters. The molecule has 0 aliphatic rings. The summed E-state index contributed by atoms with van der Waals surface area (Å²) in [6, 6.07) is 9.64. The van der Waals surface area contributed by atoms with Crippen LogP contribution in [0.15, 0.2) is 30.3 Å². The van der Waals surface area contributed by atoms with E-state index in [9.17, 15) is 4.79 Å². The minimum Gasteiger partial charge on any atom is -0.481 e. The number of rotatable bonds is 4. The van der Waals surface area contributed by atoms with Gasteiger partial charge in [-0.15, -0.1) is 0 Å². The predicted octanol–water partition coefficient (Wildman–Crippen LogP) is 2.01. The SMILES string of the molecule is CC(C(=O)O)C(c1ccccc1)N(C)C. The number of hydrogen-bond acceptors (Lipinski definition) is 2. The molecule has 0 aromatic heterocycles. The maximum atomic E-state index is 11.0. The van der Waals surface area contributed by atoms with Gasteiger partial charge in [0.15, 0.2) is 0 Å². The fourth-order valence-electron chi connectivity index (χ4n) is 1.82. The fourth-order valence-corrected chi connectivity index (χ4v) is 1.82. The van der Waals surface area contributed by atoms with E-state index in [4.69, 9.17) is 5.11 Å². The molecule has 0 saturated carbocycles. The first-order valence-electron chi connectivity index (χ1n) is 4.98. The van der Waals surface area contributed by atoms with Crippen molar-refractivity contribution in [3.63, 3.8) is 0 Å². The lowest BCUT2D eigenvalue weighted by atomic mass is 9.94. The van der Waals surface area contributed by atoms with Crippen LogP contribution in [-0.4, -0.2) is 30.1 Å². The summed E-state index contributed by atoms with van der Waals surface area (Å²) >= 11 is 0. The lowest BCUT2D eigenvalue weighted by molar-refractivity contribution is -0.143. The quantitative estimate of drug-likeness (QED) is 0.821. The Morgan fingerprint density at radius 1 is 1.27 bits per heavy atom. The highest BCUT2D eigenvalue weighted by Crippen LogP contribution is 2.26. The molecule has 0 amide bonds. The van der Waals surface area contributed by atoms with Crippen molar-refractivity contribution >= 4 is 5.97 Å². The average Bonchev–Trinajstić information content (AvgIpc) is 2.18. The van der Waals surface area contributed by atoms with Crippen molar-refractivity contribution in [2.24, 2.45) is 5.92 Å². The van der Waals surface area contributed by atoms with E-state index in [2.05, 4.69) is 0 Å². The first-order valence-corrected chi connectivity index (χ1v) is 4.98. The summed E-state index contributed by atoms with van der Waals surface area (Å²) in [4.78, 5) is 12.9. The first kappa shape index (κ1) is 11.7. The number of carboxylic acids is 1. The topological polar surface area (TPSA) is 40.5 Å². The molecule has 1 aromatic carbocycles. The van der Waals surface area contributed by atoms with Crippen molar-refractivity contribution in [1.29, 1.82) is 0 Å². The van der Waals surface area contributed by atoms with Crippen molar-refractivity contribution < 1.29 is 9.90 Å². The number of hydrogen-bond donors (Lipinski definition) is 1. The molecule has 1 aromatic rings. The third-order valence-corrected chi connectivity index (χ3v) is 2.56. The zero-order valence-corrected chi connectivity index (χ0v) is 9.34. The van der Waals surface area contributed by atoms with E-state index in [1.54, 1.807) is 6.92 Å². The van der Waals surface area contributed by atoms with E-state index < -0.39 is 11.9 Å². The van der Waals surface area contributed by atoms with Crippen LogP contribution in [0.3, 0.4) is 0 Å². The minimum atomic E-state index is -0.766. The Labute approximate surface area is 90.3 Å². The summed E-state index contributed by atoms with van der Waals surface area (Å²) in [5, 5.41) is 9.04. The van der Waals surface area contributed by atoms with Crippen LogP contribution in [0.5, 0.6) is 0 Å². The van der Waals surface area contributed by atoms with Gasteiger partial charge in [0.1, 0.15) is 0 Å². The second-order valence-corrected chi connectivity index (χ2v) is 3.95. The maximum Gasteiger partial charge on any atom is 0.308 e. The Morgan fingerprint density at radius 2 is 1.80 bits per heavy atom. The van der Waals surface area contributed by atoms with Crippen molar-refractivity contribution in [3.8, 4) is 0 Å². The van der Waals surface area contributed by atoms with Crippen LogP contribution in [0.2, 0.25) is 0 Å². The molecule has 0 radical (unpaired) electrons. The van der Waals surface area contributed by atoms with Crippen LogP contribution in [0, 0.1) is 5.92 Å². The van der Waals surface area contributed by atoms with Gasteiger partial charge in [0.05, 0.1) is 5.92 Å². The van der Waals surface area contributed by atoms with Gasteiger partial charge >= 0.3 is 5.97 Å². The molecule has 82 valence electrons. The first-order chi connectivity index (χ1) is 7.04. The van der Waals surface area contributed by atoms with Crippen LogP contribution in [0.25, 0.3) is 0 Å². The van der Waals surface area contributed by atoms with Gasteiger partial charge < -0.3 is 10.0 Å². The molecule has 1 N–H and O–H groups in total. The molecule has 3 heteroatoms. The summed E-state index contributed by atoms with van der Waals surface area (Å²) < 4.78 is 0. The van der Waals surface area contributed by atoms with Crippen LogP contribution < -0.4 is 0 Å². The van der Waals surface area contributed by atoms with Gasteiger partial charge in [-0.2, -0.15) is 0 Å². The summed E-state index contributed by atoms with van der Waals surface area (Å²) in [7, 11) is 3.80. The number of benzene rings is 1. The molecule has 1 rings (SSSR count). The van der Waals surface area contributed by atoms with Crippen LogP contribution in [0.4, 0.5) is 0 Å². The third kappa shape index (κ3) is 2.80. The highest BCUT2D eigenvalue weighted by atomic mass is 16.4. The van der Waals surface area contributed by atoms with Crippen molar-refractivity contribution in [2.75, 3.05) is 14.1 Å². The number of carbonyl (C=O) groups is 1. The Balaban J connectivity index is 2.99. The van der Waals surface area contributed by atoms with Crippen LogP contribution >= 0.6 is 0 Å². The normalized spacial score (nSPS) is 14.9. The molecule has 2 unspecified atom stereocenters. The number of carboxylic acid groups (broad SMARTS) is 1. The van der Waals surface area contributed by atoms with Crippen LogP contribution in [-0.2, 0) is 4.79 Å². The second-order valence-electron chi connectivity index (χ2n) is 3.95. The van der Waals surface area contributed by atoms with Gasteiger partial charge in [-0.25, -0.2) is 0 Å². The van der Waals surface area contributed by atoms with Crippen molar-refractivity contribution in [3.05, 3.63) is 35.9 Å². The lowest BCUT2D eigenvalue weighted by Gasteiger charge is -2.28. The molecule has 15 heavy (non-hydrogen) atoms. The smallest absolute Gasteiger partial charge is 0.308 e. The van der Waals surface area contributed by atoms with Crippen molar-refractivity contribution in [2.45, 2.75) is 13.0 Å². The molecular weight excluding hydrogens is 190 g/mol. The van der Waals surface area contributed by atoms with E-state index in [1.807, 2.05) is 49.3 Å². The summed E-state index contributed by atoms with van der Waals surface area (Å²) in [6.07, 6.45) is 0. The molecule has 3 nitrogen and oxygen atoms in total. The van der Waals surface area contributed by atoms with Gasteiger partial charge in [-0.05, 0) is 19.7 Å². The number of nitrogens with zero attached hydrogens (tertiary/aromatic N) is 1. The van der Waals surface area contributed by atoms with Gasteiger partial charge in [0.25, 0.3) is 0 Å². The van der Waals surface area contributed by atoms with E-state index in [0.717, 1.165) is 5.56 Å². The molecule has 0 aliphatic heterocycles. The monoisotopic (exact) mass is 207 g/mol. The zero-order valence-electron chi connectivity index (χ0n) is 9.34. The van der Waals surface area contributed by atoms with Gasteiger partial charge in [0, 0.05) is 6.04 Å². The predicted molar refractivity (Wildman–Crippen MR) is 59.7 cm³/mol. The number of aliphatic carboxylic acids is 1. The van der Waals surface area contributed by atoms with E-state index in [-0.39, 0.29) is 6.04 Å². The molecule has 0 heterocycles. The molecule has 0 saturated heterocycles. The Bertz CT molecular complexity index is 322. The fraction of sp³-hybridized carbons (Fsp3) is 0.417. The molecular formula is C12H17NO2. The molecule has 0 bridgehead atoms. The zero-order chi connectivity index (χ0) is 11.4. The Hall–Kier alpha value is -1.35. The standard InChI is InChI=1S/C12H17NO2/c1-9(12(14)15)11(13(2)3)10-7-5-4-6-8-10/h4-9,11H,1-3H3,(H,14,15). The average molecular weight is 207 g/mol. The second kappa shape index (κ2) is 4.94. The maximum absolute atomic E-state index is 11.0. The highest BCUT2D eigenvalue weighted by molar-refractivity contribution is 5.70. The highest BCUT2D eigenvalue weighted by Gasteiger charge is 2.26. The van der Waals surface area contributed by atoms with Crippen molar-refractivity contribution in [1.82, 2.24) is 4.90 Å². The van der Waals surface area contributed by atoms with Gasteiger partial charge in [-0.1, -0.05) is 37.3 Å². The summed E-state index contributed by atoms with van der Waals surface area (Å²) in [6.45, 7) is 1.74. The molecule has 0 spiro atoms. The van der Waals surface area contributed by atoms with E-state index >= 15 is 0 Å². The van der Waals surface area contributed by atoms with E-state index in [1.165, 1.54) is 0 Å². The molecule has 0 fully saturated rings. The van der Waals surface area contributed by atoms with Crippen LogP contribution in [0.1, 0.15) is 18.5 Å². The van der Waals surface area contributed by atoms with E-state index in [0.29, 0.717) is 0 Å². The lowest BCUT2D eigenvalue weighted by Crippen LogP contribution is -2.30. The Morgan fingerprint density at radius 3 is 2.20 bits per heavy atom. The largest absolute Gasteiger partial charge is 0.481 e.